The van der Waals surface area contributed by atoms with Crippen LogP contribution in [0.3, 0.4) is 0 Å². The molecule has 164 valence electrons. The number of unbranched alkanes of at least 4 members (excludes halogenated alkanes) is 2. The highest BCUT2D eigenvalue weighted by atomic mass is 32.2. The zero-order valence-electron chi connectivity index (χ0n) is 18.5. The lowest BCUT2D eigenvalue weighted by molar-refractivity contribution is -0.118. The van der Waals surface area contributed by atoms with Crippen LogP contribution in [0.5, 0.6) is 0 Å². The molecule has 0 fully saturated rings. The maximum atomic E-state index is 12.3. The van der Waals surface area contributed by atoms with Gasteiger partial charge in [-0.25, -0.2) is 8.42 Å². The third kappa shape index (κ3) is 6.51. The van der Waals surface area contributed by atoms with E-state index < -0.39 is 20.2 Å². The fourth-order valence-electron chi connectivity index (χ4n) is 3.29. The van der Waals surface area contributed by atoms with Crippen LogP contribution in [-0.2, 0) is 26.7 Å². The molecule has 0 aliphatic carbocycles. The van der Waals surface area contributed by atoms with Crippen molar-refractivity contribution in [1.29, 1.82) is 0 Å². The molecule has 4 nitrogen and oxygen atoms in total. The zero-order chi connectivity index (χ0) is 22.4. The van der Waals surface area contributed by atoms with Crippen LogP contribution in [0.25, 0.3) is 0 Å². The Morgan fingerprint density at radius 2 is 1.40 bits per heavy atom. The van der Waals surface area contributed by atoms with Gasteiger partial charge in [0.25, 0.3) is 0 Å². The van der Waals surface area contributed by atoms with Gasteiger partial charge in [-0.1, -0.05) is 61.0 Å². The fourth-order valence-corrected chi connectivity index (χ4v) is 4.49. The molecule has 5 heteroatoms. The number of aliphatic hydroxyl groups is 1. The molecule has 1 N–H and O–H groups in total. The number of hydrogen-bond donors (Lipinski definition) is 1. The maximum Gasteiger partial charge on any atom is 0.155 e. The third-order valence-electron chi connectivity index (χ3n) is 5.55. The molecule has 1 atom stereocenters. The molecule has 0 aliphatic rings. The quantitative estimate of drug-likeness (QED) is 0.548. The molecule has 0 saturated carbocycles. The van der Waals surface area contributed by atoms with Gasteiger partial charge in [0.1, 0.15) is 11.4 Å². The standard InChI is InChI=1S/C25H34O4S/c1-24(2,3)30(28,29)18-10-6-9-13-23(26)19-20-14-16-22(17-15-20)25(4,27)21-11-7-5-8-12-21/h5,7-8,11-12,14-17,27H,6,9-10,13,18-19H2,1-4H3. The Bertz CT molecular complexity index is 921. The van der Waals surface area contributed by atoms with Crippen molar-refractivity contribution >= 4 is 15.6 Å². The van der Waals surface area contributed by atoms with Gasteiger partial charge in [0, 0.05) is 12.8 Å². The first-order valence-corrected chi connectivity index (χ1v) is 12.2. The van der Waals surface area contributed by atoms with Crippen LogP contribution in [0.15, 0.2) is 54.6 Å². The number of ketones is 1. The molecule has 2 aromatic rings. The highest BCUT2D eigenvalue weighted by Gasteiger charge is 2.28. The van der Waals surface area contributed by atoms with Crippen LogP contribution in [0.2, 0.25) is 0 Å². The van der Waals surface area contributed by atoms with E-state index in [-0.39, 0.29) is 11.5 Å². The minimum Gasteiger partial charge on any atom is -0.381 e. The smallest absolute Gasteiger partial charge is 0.155 e. The van der Waals surface area contributed by atoms with Gasteiger partial charge in [0.15, 0.2) is 9.84 Å². The summed E-state index contributed by atoms with van der Waals surface area (Å²) in [4.78, 5) is 12.3. The molecule has 0 spiro atoms. The highest BCUT2D eigenvalue weighted by Crippen LogP contribution is 2.29. The van der Waals surface area contributed by atoms with Crippen molar-refractivity contribution in [2.75, 3.05) is 5.75 Å². The van der Waals surface area contributed by atoms with Crippen LogP contribution < -0.4 is 0 Å². The number of Topliss-reactive ketones (excluding diaryl/α,β-unsaturated/α-hetero) is 1. The Kier molecular flexibility index (Phi) is 8.00. The summed E-state index contributed by atoms with van der Waals surface area (Å²) in [5.74, 6) is 0.323. The number of benzene rings is 2. The molecular weight excluding hydrogens is 396 g/mol. The number of hydrogen-bond acceptors (Lipinski definition) is 4. The zero-order valence-corrected chi connectivity index (χ0v) is 19.3. The van der Waals surface area contributed by atoms with Gasteiger partial charge in [-0.2, -0.15) is 0 Å². The van der Waals surface area contributed by atoms with Crippen LogP contribution in [0, 0.1) is 0 Å². The molecule has 1 unspecified atom stereocenters. The van der Waals surface area contributed by atoms with E-state index in [1.54, 1.807) is 27.7 Å². The van der Waals surface area contributed by atoms with E-state index in [0.717, 1.165) is 23.1 Å². The van der Waals surface area contributed by atoms with Crippen molar-refractivity contribution in [2.45, 2.75) is 70.1 Å². The van der Waals surface area contributed by atoms with E-state index in [2.05, 4.69) is 0 Å². The Hall–Kier alpha value is -1.98. The molecule has 0 heterocycles. The summed E-state index contributed by atoms with van der Waals surface area (Å²) in [6.45, 7) is 6.92. The summed E-state index contributed by atoms with van der Waals surface area (Å²) < 4.78 is 23.5. The number of carbonyl (C=O) groups is 1. The summed E-state index contributed by atoms with van der Waals surface area (Å²) in [6, 6.07) is 17.0. The molecule has 0 saturated heterocycles. The van der Waals surface area contributed by atoms with E-state index >= 15 is 0 Å². The molecular formula is C25H34O4S. The van der Waals surface area contributed by atoms with Crippen LogP contribution in [0.4, 0.5) is 0 Å². The topological polar surface area (TPSA) is 71.4 Å². The van der Waals surface area contributed by atoms with Crippen molar-refractivity contribution in [3.63, 3.8) is 0 Å². The molecule has 0 bridgehead atoms. The summed E-state index contributed by atoms with van der Waals surface area (Å²) in [6.07, 6.45) is 2.85. The molecule has 0 amide bonds. The van der Waals surface area contributed by atoms with Gasteiger partial charge in [0.2, 0.25) is 0 Å². The molecule has 0 radical (unpaired) electrons. The number of rotatable bonds is 10. The number of sulfone groups is 1. The molecule has 0 aromatic heterocycles. The third-order valence-corrected chi connectivity index (χ3v) is 8.25. The SMILES string of the molecule is CC(O)(c1ccccc1)c1ccc(CC(=O)CCCCCS(=O)(=O)C(C)(C)C)cc1. The molecule has 2 aromatic carbocycles. The summed E-state index contributed by atoms with van der Waals surface area (Å²) in [5.41, 5.74) is 1.44. The average molecular weight is 431 g/mol. The molecule has 2 rings (SSSR count). The summed E-state index contributed by atoms with van der Waals surface area (Å²) in [7, 11) is -3.09. The maximum absolute atomic E-state index is 12.3. The summed E-state index contributed by atoms with van der Waals surface area (Å²) >= 11 is 0. The van der Waals surface area contributed by atoms with Gasteiger partial charge in [-0.05, 0) is 57.2 Å². The van der Waals surface area contributed by atoms with Crippen molar-refractivity contribution < 1.29 is 18.3 Å². The van der Waals surface area contributed by atoms with Crippen molar-refractivity contribution in [3.8, 4) is 0 Å². The first kappa shape index (κ1) is 24.3. The Morgan fingerprint density at radius 1 is 0.833 bits per heavy atom. The van der Waals surface area contributed by atoms with Crippen LogP contribution in [-0.4, -0.2) is 29.8 Å². The lowest BCUT2D eigenvalue weighted by Gasteiger charge is -2.24. The second-order valence-electron chi connectivity index (χ2n) is 9.09. The Morgan fingerprint density at radius 3 is 1.97 bits per heavy atom. The van der Waals surface area contributed by atoms with Gasteiger partial charge >= 0.3 is 0 Å². The molecule has 30 heavy (non-hydrogen) atoms. The second kappa shape index (κ2) is 9.88. The second-order valence-corrected chi connectivity index (χ2v) is 12.0. The first-order valence-electron chi connectivity index (χ1n) is 10.5. The largest absolute Gasteiger partial charge is 0.381 e. The van der Waals surface area contributed by atoms with Crippen LogP contribution in [0.1, 0.15) is 70.1 Å². The highest BCUT2D eigenvalue weighted by molar-refractivity contribution is 7.92. The minimum absolute atomic E-state index is 0.149. The van der Waals surface area contributed by atoms with E-state index in [1.165, 1.54) is 0 Å². The minimum atomic E-state index is -3.09. The summed E-state index contributed by atoms with van der Waals surface area (Å²) in [5, 5.41) is 10.9. The van der Waals surface area contributed by atoms with Crippen molar-refractivity contribution in [3.05, 3.63) is 71.3 Å². The Labute approximate surface area is 181 Å². The Balaban J connectivity index is 1.81. The monoisotopic (exact) mass is 430 g/mol. The number of carbonyl (C=O) groups excluding carboxylic acids is 1. The van der Waals surface area contributed by atoms with Crippen LogP contribution >= 0.6 is 0 Å². The van der Waals surface area contributed by atoms with Gasteiger partial charge in [0.05, 0.1) is 10.5 Å². The molecule has 0 aliphatic heterocycles. The van der Waals surface area contributed by atoms with E-state index in [4.69, 9.17) is 0 Å². The van der Waals surface area contributed by atoms with E-state index in [1.807, 2.05) is 54.6 Å². The van der Waals surface area contributed by atoms with Gasteiger partial charge in [-0.15, -0.1) is 0 Å². The predicted molar refractivity (Wildman–Crippen MR) is 122 cm³/mol. The van der Waals surface area contributed by atoms with Crippen molar-refractivity contribution in [1.82, 2.24) is 0 Å². The predicted octanol–water partition coefficient (Wildman–Crippen LogP) is 4.83. The van der Waals surface area contributed by atoms with Gasteiger partial charge in [-0.3, -0.25) is 4.79 Å². The van der Waals surface area contributed by atoms with E-state index in [0.29, 0.717) is 25.7 Å². The first-order chi connectivity index (χ1) is 13.9. The van der Waals surface area contributed by atoms with Crippen molar-refractivity contribution in [2.24, 2.45) is 0 Å². The lowest BCUT2D eigenvalue weighted by atomic mass is 9.87. The normalized spacial score (nSPS) is 14.3. The van der Waals surface area contributed by atoms with Gasteiger partial charge < -0.3 is 5.11 Å². The lowest BCUT2D eigenvalue weighted by Crippen LogP contribution is -2.30. The average Bonchev–Trinajstić information content (AvgIpc) is 2.68. The van der Waals surface area contributed by atoms with E-state index in [9.17, 15) is 18.3 Å². The fraction of sp³-hybridized carbons (Fsp3) is 0.480.